The van der Waals surface area contributed by atoms with E-state index < -0.39 is 5.91 Å². The Balaban J connectivity index is 1.63. The number of rotatable bonds is 6. The monoisotopic (exact) mass is 402 g/mol. The smallest absolute Gasteiger partial charge is 0.275 e. The van der Waals surface area contributed by atoms with Gasteiger partial charge >= 0.3 is 0 Å². The summed E-state index contributed by atoms with van der Waals surface area (Å²) < 4.78 is 1.59. The summed E-state index contributed by atoms with van der Waals surface area (Å²) in [6.07, 6.45) is 4.64. The Labute approximate surface area is 170 Å². The highest BCUT2D eigenvalue weighted by atomic mass is 35.5. The first-order chi connectivity index (χ1) is 13.5. The standard InChI is InChI=1S/C21H27ClN4O2/c1-15-6-3-4-12-25(15)13-5-11-23-21(28)20-19(27)14-16(2)26(24-20)18-9-7-17(22)8-10-18/h7-10,14-15H,3-6,11-13H2,1-2H3,(H,23,28). The van der Waals surface area contributed by atoms with Crippen LogP contribution in [0.1, 0.15) is 48.8 Å². The second-order valence-corrected chi connectivity index (χ2v) is 7.81. The van der Waals surface area contributed by atoms with Crippen molar-refractivity contribution in [3.63, 3.8) is 0 Å². The Kier molecular flexibility index (Phi) is 6.86. The van der Waals surface area contributed by atoms with Crippen LogP contribution < -0.4 is 10.7 Å². The Hall–Kier alpha value is -2.18. The zero-order valence-electron chi connectivity index (χ0n) is 16.4. The third-order valence-electron chi connectivity index (χ3n) is 5.24. The summed E-state index contributed by atoms with van der Waals surface area (Å²) in [7, 11) is 0. The predicted octanol–water partition coefficient (Wildman–Crippen LogP) is 3.19. The van der Waals surface area contributed by atoms with Crippen LogP contribution in [0.4, 0.5) is 0 Å². The van der Waals surface area contributed by atoms with Crippen molar-refractivity contribution in [1.82, 2.24) is 20.0 Å². The van der Waals surface area contributed by atoms with Gasteiger partial charge in [-0.3, -0.25) is 9.59 Å². The van der Waals surface area contributed by atoms with E-state index in [0.717, 1.165) is 25.2 Å². The molecule has 2 aromatic rings. The fourth-order valence-electron chi connectivity index (χ4n) is 3.61. The molecule has 6 nitrogen and oxygen atoms in total. The number of benzene rings is 1. The first kappa shape index (κ1) is 20.6. The van der Waals surface area contributed by atoms with Crippen LogP contribution in [0.15, 0.2) is 35.1 Å². The third-order valence-corrected chi connectivity index (χ3v) is 5.49. The molecule has 28 heavy (non-hydrogen) atoms. The summed E-state index contributed by atoms with van der Waals surface area (Å²) in [6.45, 7) is 6.65. The van der Waals surface area contributed by atoms with E-state index in [9.17, 15) is 9.59 Å². The van der Waals surface area contributed by atoms with Crippen molar-refractivity contribution < 1.29 is 4.79 Å². The average molecular weight is 403 g/mol. The lowest BCUT2D eigenvalue weighted by Crippen LogP contribution is -2.39. The maximum Gasteiger partial charge on any atom is 0.275 e. The van der Waals surface area contributed by atoms with Crippen LogP contribution in [-0.2, 0) is 0 Å². The van der Waals surface area contributed by atoms with E-state index in [-0.39, 0.29) is 11.1 Å². The number of nitrogens with one attached hydrogen (secondary N) is 1. The molecule has 0 saturated carbocycles. The summed E-state index contributed by atoms with van der Waals surface area (Å²) in [4.78, 5) is 27.2. The lowest BCUT2D eigenvalue weighted by atomic mass is 10.0. The molecule has 0 radical (unpaired) electrons. The molecule has 1 unspecified atom stereocenters. The number of halogens is 1. The van der Waals surface area contributed by atoms with Gasteiger partial charge in [-0.15, -0.1) is 0 Å². The number of carbonyl (C=O) groups is 1. The van der Waals surface area contributed by atoms with Gasteiger partial charge in [0.15, 0.2) is 5.69 Å². The van der Waals surface area contributed by atoms with Gasteiger partial charge in [0.1, 0.15) is 0 Å². The number of carbonyl (C=O) groups excluding carboxylic acids is 1. The van der Waals surface area contributed by atoms with Gasteiger partial charge < -0.3 is 10.2 Å². The molecule has 7 heteroatoms. The molecule has 1 fully saturated rings. The minimum absolute atomic E-state index is 0.0908. The third kappa shape index (κ3) is 5.00. The molecule has 1 amide bonds. The Morgan fingerprint density at radius 3 is 2.75 bits per heavy atom. The molecule has 1 aromatic heterocycles. The zero-order valence-corrected chi connectivity index (χ0v) is 17.2. The highest BCUT2D eigenvalue weighted by Crippen LogP contribution is 2.16. The fraction of sp³-hybridized carbons (Fsp3) is 0.476. The minimum atomic E-state index is -0.431. The van der Waals surface area contributed by atoms with Crippen LogP contribution in [0, 0.1) is 6.92 Å². The van der Waals surface area contributed by atoms with Gasteiger partial charge in [-0.1, -0.05) is 18.0 Å². The van der Waals surface area contributed by atoms with Crippen LogP contribution in [0.5, 0.6) is 0 Å². The summed E-state index contributed by atoms with van der Waals surface area (Å²) in [5.74, 6) is -0.431. The van der Waals surface area contributed by atoms with Crippen molar-refractivity contribution in [2.75, 3.05) is 19.6 Å². The van der Waals surface area contributed by atoms with E-state index >= 15 is 0 Å². The quantitative estimate of drug-likeness (QED) is 0.753. The first-order valence-corrected chi connectivity index (χ1v) is 10.2. The molecule has 1 saturated heterocycles. The lowest BCUT2D eigenvalue weighted by Gasteiger charge is -2.33. The van der Waals surface area contributed by atoms with E-state index in [4.69, 9.17) is 11.6 Å². The van der Waals surface area contributed by atoms with Crippen LogP contribution >= 0.6 is 11.6 Å². The van der Waals surface area contributed by atoms with E-state index in [1.165, 1.54) is 25.3 Å². The average Bonchev–Trinajstić information content (AvgIpc) is 2.67. The number of hydrogen-bond donors (Lipinski definition) is 1. The van der Waals surface area contributed by atoms with Crippen molar-refractivity contribution in [2.45, 2.75) is 45.6 Å². The summed E-state index contributed by atoms with van der Waals surface area (Å²) in [6, 6.07) is 9.14. The molecule has 0 aliphatic carbocycles. The summed E-state index contributed by atoms with van der Waals surface area (Å²) >= 11 is 5.93. The van der Waals surface area contributed by atoms with Crippen molar-refractivity contribution in [2.24, 2.45) is 0 Å². The number of piperidine rings is 1. The number of likely N-dealkylation sites (tertiary alicyclic amines) is 1. The highest BCUT2D eigenvalue weighted by Gasteiger charge is 2.18. The Morgan fingerprint density at radius 1 is 1.29 bits per heavy atom. The molecular weight excluding hydrogens is 376 g/mol. The maximum absolute atomic E-state index is 12.5. The summed E-state index contributed by atoms with van der Waals surface area (Å²) in [5, 5.41) is 7.74. The fourth-order valence-corrected chi connectivity index (χ4v) is 3.73. The molecule has 1 aliphatic rings. The second-order valence-electron chi connectivity index (χ2n) is 7.38. The molecule has 1 N–H and O–H groups in total. The predicted molar refractivity (Wildman–Crippen MR) is 111 cm³/mol. The van der Waals surface area contributed by atoms with Crippen LogP contribution in [0.3, 0.4) is 0 Å². The molecular formula is C21H27ClN4O2. The topological polar surface area (TPSA) is 67.2 Å². The molecule has 3 rings (SSSR count). The normalized spacial score (nSPS) is 17.5. The SMILES string of the molecule is Cc1cc(=O)c(C(=O)NCCCN2CCCCC2C)nn1-c1ccc(Cl)cc1. The molecule has 0 bridgehead atoms. The van der Waals surface area contributed by atoms with E-state index in [1.54, 1.807) is 35.9 Å². The van der Waals surface area contributed by atoms with Crippen molar-refractivity contribution in [3.8, 4) is 5.69 Å². The van der Waals surface area contributed by atoms with Crippen LogP contribution in [0.2, 0.25) is 5.02 Å². The van der Waals surface area contributed by atoms with Gasteiger partial charge in [-0.25, -0.2) is 4.68 Å². The number of aryl methyl sites for hydroxylation is 1. The molecule has 1 atom stereocenters. The minimum Gasteiger partial charge on any atom is -0.350 e. The molecule has 1 aromatic carbocycles. The maximum atomic E-state index is 12.5. The van der Waals surface area contributed by atoms with Crippen molar-refractivity contribution >= 4 is 17.5 Å². The van der Waals surface area contributed by atoms with Gasteiger partial charge in [-0.05, 0) is 63.9 Å². The largest absolute Gasteiger partial charge is 0.350 e. The van der Waals surface area contributed by atoms with Gasteiger partial charge in [-0.2, -0.15) is 5.10 Å². The summed E-state index contributed by atoms with van der Waals surface area (Å²) in [5.41, 5.74) is 0.940. The number of amides is 1. The number of nitrogens with zero attached hydrogens (tertiary/aromatic N) is 3. The lowest BCUT2D eigenvalue weighted by molar-refractivity contribution is 0.0941. The second kappa shape index (κ2) is 9.34. The first-order valence-electron chi connectivity index (χ1n) is 9.85. The van der Waals surface area contributed by atoms with Gasteiger partial charge in [0.05, 0.1) is 5.69 Å². The van der Waals surface area contributed by atoms with Crippen LogP contribution in [0.25, 0.3) is 5.69 Å². The van der Waals surface area contributed by atoms with Crippen LogP contribution in [-0.4, -0.2) is 46.3 Å². The molecule has 0 spiro atoms. The van der Waals surface area contributed by atoms with Gasteiger partial charge in [0.25, 0.3) is 5.91 Å². The molecule has 1 aliphatic heterocycles. The Morgan fingerprint density at radius 2 is 2.04 bits per heavy atom. The number of hydrogen-bond acceptors (Lipinski definition) is 4. The Bertz CT molecular complexity index is 879. The van der Waals surface area contributed by atoms with Crippen molar-refractivity contribution in [1.29, 1.82) is 0 Å². The van der Waals surface area contributed by atoms with E-state index in [0.29, 0.717) is 23.3 Å². The van der Waals surface area contributed by atoms with Crippen molar-refractivity contribution in [3.05, 3.63) is 57.0 Å². The zero-order chi connectivity index (χ0) is 20.1. The van der Waals surface area contributed by atoms with E-state index in [1.807, 2.05) is 0 Å². The highest BCUT2D eigenvalue weighted by molar-refractivity contribution is 6.30. The molecule has 150 valence electrons. The van der Waals surface area contributed by atoms with E-state index in [2.05, 4.69) is 22.2 Å². The number of aromatic nitrogens is 2. The van der Waals surface area contributed by atoms with Gasteiger partial charge in [0, 0.05) is 35.9 Å². The van der Waals surface area contributed by atoms with Gasteiger partial charge in [0.2, 0.25) is 5.43 Å². The molecule has 2 heterocycles.